The molecule has 15 heavy (non-hydrogen) atoms. The Morgan fingerprint density at radius 1 is 1.47 bits per heavy atom. The van der Waals surface area contributed by atoms with Gasteiger partial charge in [0, 0.05) is 11.1 Å². The zero-order chi connectivity index (χ0) is 11.4. The Bertz CT molecular complexity index is 397. The standard InChI is InChI=1S/C11H10F2O2/c1-7(11(14)15)5-8-3-2-4-9(6-8)10(12)13/h2-6,10H,1H3,(H,14,15)/b7-5-. The minimum absolute atomic E-state index is 0.109. The van der Waals surface area contributed by atoms with Gasteiger partial charge in [0.25, 0.3) is 6.43 Å². The molecule has 0 aliphatic rings. The van der Waals surface area contributed by atoms with E-state index in [2.05, 4.69) is 0 Å². The van der Waals surface area contributed by atoms with E-state index < -0.39 is 12.4 Å². The maximum atomic E-state index is 12.3. The van der Waals surface area contributed by atoms with Gasteiger partial charge >= 0.3 is 5.97 Å². The summed E-state index contributed by atoms with van der Waals surface area (Å²) in [5.41, 5.74) is 0.469. The lowest BCUT2D eigenvalue weighted by molar-refractivity contribution is -0.132. The molecule has 0 amide bonds. The molecular weight excluding hydrogens is 202 g/mol. The first kappa shape index (κ1) is 11.4. The molecule has 1 N–H and O–H groups in total. The summed E-state index contributed by atoms with van der Waals surface area (Å²) in [7, 11) is 0. The number of carbonyl (C=O) groups is 1. The minimum Gasteiger partial charge on any atom is -0.478 e. The van der Waals surface area contributed by atoms with E-state index in [4.69, 9.17) is 5.11 Å². The first-order valence-electron chi connectivity index (χ1n) is 4.30. The molecule has 0 bridgehead atoms. The molecule has 80 valence electrons. The van der Waals surface area contributed by atoms with Crippen LogP contribution in [-0.2, 0) is 4.79 Å². The maximum absolute atomic E-state index is 12.3. The average Bonchev–Trinajstić information content (AvgIpc) is 2.18. The van der Waals surface area contributed by atoms with E-state index >= 15 is 0 Å². The number of halogens is 2. The highest BCUT2D eigenvalue weighted by molar-refractivity contribution is 5.91. The molecule has 1 aromatic rings. The summed E-state index contributed by atoms with van der Waals surface area (Å²) in [4.78, 5) is 10.5. The summed E-state index contributed by atoms with van der Waals surface area (Å²) in [6.45, 7) is 1.41. The zero-order valence-electron chi connectivity index (χ0n) is 8.08. The van der Waals surface area contributed by atoms with Crippen LogP contribution in [0.1, 0.15) is 24.5 Å². The molecule has 0 spiro atoms. The van der Waals surface area contributed by atoms with Gasteiger partial charge in [0.05, 0.1) is 0 Å². The monoisotopic (exact) mass is 212 g/mol. The lowest BCUT2D eigenvalue weighted by Crippen LogP contribution is -1.95. The summed E-state index contributed by atoms with van der Waals surface area (Å²) < 4.78 is 24.6. The van der Waals surface area contributed by atoms with E-state index in [1.54, 1.807) is 6.07 Å². The van der Waals surface area contributed by atoms with Crippen molar-refractivity contribution in [3.05, 3.63) is 41.0 Å². The van der Waals surface area contributed by atoms with Crippen LogP contribution in [0, 0.1) is 0 Å². The van der Waals surface area contributed by atoms with E-state index in [9.17, 15) is 13.6 Å². The molecule has 4 heteroatoms. The summed E-state index contributed by atoms with van der Waals surface area (Å²) in [6.07, 6.45) is -1.18. The second-order valence-electron chi connectivity index (χ2n) is 3.10. The smallest absolute Gasteiger partial charge is 0.331 e. The van der Waals surface area contributed by atoms with Gasteiger partial charge in [-0.15, -0.1) is 0 Å². The summed E-state index contributed by atoms with van der Waals surface area (Å²) in [6, 6.07) is 5.63. The van der Waals surface area contributed by atoms with Crippen molar-refractivity contribution in [3.63, 3.8) is 0 Å². The highest BCUT2D eigenvalue weighted by Gasteiger charge is 2.06. The Morgan fingerprint density at radius 3 is 2.67 bits per heavy atom. The van der Waals surface area contributed by atoms with Gasteiger partial charge in [-0.3, -0.25) is 0 Å². The summed E-state index contributed by atoms with van der Waals surface area (Å²) >= 11 is 0. The van der Waals surface area contributed by atoms with Crippen molar-refractivity contribution in [1.82, 2.24) is 0 Å². The van der Waals surface area contributed by atoms with Gasteiger partial charge in [0.2, 0.25) is 0 Å². The lowest BCUT2D eigenvalue weighted by atomic mass is 10.1. The molecule has 2 nitrogen and oxygen atoms in total. The molecule has 0 fully saturated rings. The predicted molar refractivity (Wildman–Crippen MR) is 52.7 cm³/mol. The van der Waals surface area contributed by atoms with Crippen LogP contribution >= 0.6 is 0 Å². The topological polar surface area (TPSA) is 37.3 Å². The fraction of sp³-hybridized carbons (Fsp3) is 0.182. The molecule has 0 aromatic heterocycles. The Kier molecular flexibility index (Phi) is 3.55. The van der Waals surface area contributed by atoms with Crippen molar-refractivity contribution >= 4 is 12.0 Å². The highest BCUT2D eigenvalue weighted by Crippen LogP contribution is 2.20. The summed E-state index contributed by atoms with van der Waals surface area (Å²) in [5, 5.41) is 8.61. The van der Waals surface area contributed by atoms with E-state index in [1.807, 2.05) is 0 Å². The van der Waals surface area contributed by atoms with Gasteiger partial charge in [-0.05, 0) is 24.6 Å². The van der Waals surface area contributed by atoms with Crippen molar-refractivity contribution in [2.75, 3.05) is 0 Å². The summed E-state index contributed by atoms with van der Waals surface area (Å²) in [5.74, 6) is -1.06. The molecular formula is C11H10F2O2. The SMILES string of the molecule is C/C(=C/c1cccc(C(F)F)c1)C(=O)O. The Hall–Kier alpha value is -1.71. The molecule has 0 atom stereocenters. The van der Waals surface area contributed by atoms with E-state index in [-0.39, 0.29) is 11.1 Å². The molecule has 1 rings (SSSR count). The number of carboxylic acid groups (broad SMARTS) is 1. The van der Waals surface area contributed by atoms with Gasteiger partial charge in [-0.1, -0.05) is 18.2 Å². The number of carboxylic acids is 1. The molecule has 0 saturated carbocycles. The molecule has 0 aliphatic heterocycles. The number of hydrogen-bond donors (Lipinski definition) is 1. The van der Waals surface area contributed by atoms with Crippen molar-refractivity contribution in [3.8, 4) is 0 Å². The molecule has 0 saturated heterocycles. The van der Waals surface area contributed by atoms with E-state index in [1.165, 1.54) is 31.2 Å². The zero-order valence-corrected chi connectivity index (χ0v) is 8.08. The number of hydrogen-bond acceptors (Lipinski definition) is 1. The largest absolute Gasteiger partial charge is 0.478 e. The Balaban J connectivity index is 3.01. The third-order valence-electron chi connectivity index (χ3n) is 1.88. The maximum Gasteiger partial charge on any atom is 0.331 e. The van der Waals surface area contributed by atoms with Gasteiger partial charge in [-0.25, -0.2) is 13.6 Å². The molecule has 0 unspecified atom stereocenters. The third-order valence-corrected chi connectivity index (χ3v) is 1.88. The molecule has 0 heterocycles. The van der Waals surface area contributed by atoms with Gasteiger partial charge in [-0.2, -0.15) is 0 Å². The molecule has 1 aromatic carbocycles. The van der Waals surface area contributed by atoms with Crippen LogP contribution in [0.5, 0.6) is 0 Å². The highest BCUT2D eigenvalue weighted by atomic mass is 19.3. The number of rotatable bonds is 3. The van der Waals surface area contributed by atoms with Crippen LogP contribution in [0.25, 0.3) is 6.08 Å². The average molecular weight is 212 g/mol. The molecule has 0 aliphatic carbocycles. The first-order valence-corrected chi connectivity index (χ1v) is 4.30. The fourth-order valence-corrected chi connectivity index (χ4v) is 1.10. The number of alkyl halides is 2. The van der Waals surface area contributed by atoms with Crippen LogP contribution in [-0.4, -0.2) is 11.1 Å². The number of aliphatic carboxylic acids is 1. The predicted octanol–water partition coefficient (Wildman–Crippen LogP) is 3.11. The van der Waals surface area contributed by atoms with Crippen LogP contribution < -0.4 is 0 Å². The van der Waals surface area contributed by atoms with Crippen molar-refractivity contribution in [2.24, 2.45) is 0 Å². The van der Waals surface area contributed by atoms with Crippen molar-refractivity contribution in [2.45, 2.75) is 13.3 Å². The van der Waals surface area contributed by atoms with Gasteiger partial charge in [0.1, 0.15) is 0 Å². The number of benzene rings is 1. The quantitative estimate of drug-likeness (QED) is 0.781. The Labute approximate surface area is 85.9 Å². The van der Waals surface area contributed by atoms with Crippen LogP contribution in [0.3, 0.4) is 0 Å². The van der Waals surface area contributed by atoms with Crippen LogP contribution in [0.4, 0.5) is 8.78 Å². The molecule has 0 radical (unpaired) electrons. The Morgan fingerprint density at radius 2 is 2.13 bits per heavy atom. The second kappa shape index (κ2) is 4.68. The van der Waals surface area contributed by atoms with Crippen molar-refractivity contribution < 1.29 is 18.7 Å². The van der Waals surface area contributed by atoms with Crippen LogP contribution in [0.15, 0.2) is 29.8 Å². The van der Waals surface area contributed by atoms with Gasteiger partial charge < -0.3 is 5.11 Å². The van der Waals surface area contributed by atoms with Crippen molar-refractivity contribution in [1.29, 1.82) is 0 Å². The minimum atomic E-state index is -2.54. The normalized spacial score (nSPS) is 11.9. The van der Waals surface area contributed by atoms with Gasteiger partial charge in [0.15, 0.2) is 0 Å². The van der Waals surface area contributed by atoms with Crippen LogP contribution in [0.2, 0.25) is 0 Å². The second-order valence-corrected chi connectivity index (χ2v) is 3.10. The van der Waals surface area contributed by atoms with E-state index in [0.29, 0.717) is 5.56 Å². The third kappa shape index (κ3) is 3.16. The lowest BCUT2D eigenvalue weighted by Gasteiger charge is -2.01. The fourth-order valence-electron chi connectivity index (χ4n) is 1.10. The first-order chi connectivity index (χ1) is 7.00. The van der Waals surface area contributed by atoms with E-state index in [0.717, 1.165) is 0 Å².